The third kappa shape index (κ3) is 6.33. The molecule has 0 unspecified atom stereocenters. The van der Waals surface area contributed by atoms with Crippen LogP contribution in [0.1, 0.15) is 71.1 Å². The minimum absolute atomic E-state index is 0.00699. The molecule has 4 amide bonds. The lowest BCUT2D eigenvalue weighted by atomic mass is 9.73. The standard InChI is InChI=1S/C19H33N3O3/c1-14(12-20-19(25)21-13-23)18(24)22-17(15-8-4-2-5-9-15)16-10-6-3-7-11-16/h13-17H,2-12H2,1H3,(H,22,24)(H2,20,21,23,25)/t14-/m1/s1. The Morgan fingerprint density at radius 2 is 1.48 bits per heavy atom. The van der Waals surface area contributed by atoms with Crippen LogP contribution in [-0.2, 0) is 9.59 Å². The quantitative estimate of drug-likeness (QED) is 0.616. The molecule has 1 atom stereocenters. The SMILES string of the molecule is C[C@H](CNC(=O)NC=O)C(=O)NC(C1CCCCC1)C1CCCCC1. The van der Waals surface area contributed by atoms with Crippen LogP contribution in [-0.4, -0.2) is 30.9 Å². The number of carbonyl (C=O) groups is 3. The van der Waals surface area contributed by atoms with Gasteiger partial charge in [-0.05, 0) is 37.5 Å². The van der Waals surface area contributed by atoms with Crippen molar-refractivity contribution in [2.45, 2.75) is 77.2 Å². The van der Waals surface area contributed by atoms with E-state index in [0.717, 1.165) is 0 Å². The van der Waals surface area contributed by atoms with E-state index in [4.69, 9.17) is 0 Å². The number of amides is 4. The van der Waals surface area contributed by atoms with Crippen LogP contribution in [0, 0.1) is 17.8 Å². The van der Waals surface area contributed by atoms with Gasteiger partial charge in [0.1, 0.15) is 0 Å². The Kier molecular flexibility index (Phi) is 8.22. The van der Waals surface area contributed by atoms with Crippen molar-refractivity contribution in [3.63, 3.8) is 0 Å². The van der Waals surface area contributed by atoms with Gasteiger partial charge in [-0.25, -0.2) is 4.79 Å². The first-order valence-corrected chi connectivity index (χ1v) is 9.90. The Bertz CT molecular complexity index is 425. The fourth-order valence-electron chi connectivity index (χ4n) is 4.36. The predicted molar refractivity (Wildman–Crippen MR) is 96.8 cm³/mol. The maximum Gasteiger partial charge on any atom is 0.321 e. The molecule has 2 rings (SSSR count). The molecule has 0 aliphatic heterocycles. The summed E-state index contributed by atoms with van der Waals surface area (Å²) in [5, 5.41) is 7.91. The maximum atomic E-state index is 12.7. The fourth-order valence-corrected chi connectivity index (χ4v) is 4.36. The second-order valence-electron chi connectivity index (χ2n) is 7.70. The summed E-state index contributed by atoms with van der Waals surface area (Å²) in [4.78, 5) is 34.2. The molecule has 142 valence electrons. The van der Waals surface area contributed by atoms with Gasteiger partial charge in [-0.1, -0.05) is 45.4 Å². The van der Waals surface area contributed by atoms with E-state index in [0.29, 0.717) is 18.2 Å². The van der Waals surface area contributed by atoms with E-state index in [1.807, 2.05) is 12.2 Å². The highest BCUT2D eigenvalue weighted by molar-refractivity contribution is 5.85. The van der Waals surface area contributed by atoms with Crippen molar-refractivity contribution >= 4 is 18.3 Å². The molecule has 0 radical (unpaired) electrons. The van der Waals surface area contributed by atoms with E-state index in [-0.39, 0.29) is 24.4 Å². The summed E-state index contributed by atoms with van der Waals surface area (Å²) < 4.78 is 0. The van der Waals surface area contributed by atoms with Gasteiger partial charge in [0.25, 0.3) is 0 Å². The summed E-state index contributed by atoms with van der Waals surface area (Å²) in [6, 6.07) is -0.287. The summed E-state index contributed by atoms with van der Waals surface area (Å²) in [5.41, 5.74) is 0. The number of hydrogen-bond acceptors (Lipinski definition) is 3. The number of carbonyl (C=O) groups excluding carboxylic acids is 3. The molecule has 0 bridgehead atoms. The van der Waals surface area contributed by atoms with Crippen LogP contribution in [0.5, 0.6) is 0 Å². The van der Waals surface area contributed by atoms with Crippen molar-refractivity contribution in [3.8, 4) is 0 Å². The molecule has 2 aliphatic rings. The molecule has 0 aromatic heterocycles. The van der Waals surface area contributed by atoms with E-state index in [1.54, 1.807) is 0 Å². The molecular weight excluding hydrogens is 318 g/mol. The first-order valence-electron chi connectivity index (χ1n) is 9.90. The van der Waals surface area contributed by atoms with Crippen LogP contribution in [0.4, 0.5) is 4.79 Å². The zero-order valence-electron chi connectivity index (χ0n) is 15.4. The van der Waals surface area contributed by atoms with Gasteiger partial charge in [0, 0.05) is 12.6 Å². The van der Waals surface area contributed by atoms with Gasteiger partial charge in [-0.2, -0.15) is 0 Å². The average Bonchev–Trinajstić information content (AvgIpc) is 2.65. The Balaban J connectivity index is 1.90. The molecule has 0 saturated heterocycles. The van der Waals surface area contributed by atoms with Crippen LogP contribution < -0.4 is 16.0 Å². The molecule has 2 aliphatic carbocycles. The van der Waals surface area contributed by atoms with E-state index in [1.165, 1.54) is 64.2 Å². The summed E-state index contributed by atoms with van der Waals surface area (Å²) in [7, 11) is 0. The zero-order valence-corrected chi connectivity index (χ0v) is 15.4. The van der Waals surface area contributed by atoms with Gasteiger partial charge in [-0.3, -0.25) is 14.9 Å². The number of hydrogen-bond donors (Lipinski definition) is 3. The van der Waals surface area contributed by atoms with Crippen LogP contribution in [0.15, 0.2) is 0 Å². The van der Waals surface area contributed by atoms with Crippen LogP contribution in [0.2, 0.25) is 0 Å². The van der Waals surface area contributed by atoms with Crippen molar-refractivity contribution in [2.75, 3.05) is 6.54 Å². The lowest BCUT2D eigenvalue weighted by Crippen LogP contribution is -2.50. The van der Waals surface area contributed by atoms with Crippen molar-refractivity contribution < 1.29 is 14.4 Å². The minimum Gasteiger partial charge on any atom is -0.353 e. The topological polar surface area (TPSA) is 87.3 Å². The predicted octanol–water partition coefficient (Wildman–Crippen LogP) is 2.72. The lowest BCUT2D eigenvalue weighted by molar-refractivity contribution is -0.126. The Morgan fingerprint density at radius 3 is 1.96 bits per heavy atom. The maximum absolute atomic E-state index is 12.7. The van der Waals surface area contributed by atoms with Crippen molar-refractivity contribution in [3.05, 3.63) is 0 Å². The second kappa shape index (κ2) is 10.4. The minimum atomic E-state index is -0.564. The van der Waals surface area contributed by atoms with Crippen molar-refractivity contribution in [2.24, 2.45) is 17.8 Å². The zero-order chi connectivity index (χ0) is 18.1. The van der Waals surface area contributed by atoms with E-state index in [2.05, 4.69) is 10.6 Å². The summed E-state index contributed by atoms with van der Waals surface area (Å²) in [5.74, 6) is 0.887. The fraction of sp³-hybridized carbons (Fsp3) is 0.842. The molecule has 6 nitrogen and oxygen atoms in total. The van der Waals surface area contributed by atoms with Gasteiger partial charge in [0.05, 0.1) is 5.92 Å². The van der Waals surface area contributed by atoms with Gasteiger partial charge in [0.2, 0.25) is 12.3 Å². The molecule has 2 saturated carbocycles. The van der Waals surface area contributed by atoms with Crippen molar-refractivity contribution in [1.82, 2.24) is 16.0 Å². The Hall–Kier alpha value is -1.59. The number of rotatable bonds is 7. The third-order valence-electron chi connectivity index (χ3n) is 5.83. The monoisotopic (exact) mass is 351 g/mol. The summed E-state index contributed by atoms with van der Waals surface area (Å²) in [6.07, 6.45) is 12.9. The summed E-state index contributed by atoms with van der Waals surface area (Å²) >= 11 is 0. The lowest BCUT2D eigenvalue weighted by Gasteiger charge is -2.38. The Labute approximate surface area is 150 Å². The van der Waals surface area contributed by atoms with Crippen LogP contribution in [0.3, 0.4) is 0 Å². The highest BCUT2D eigenvalue weighted by Crippen LogP contribution is 2.35. The number of nitrogens with one attached hydrogen (secondary N) is 3. The molecule has 3 N–H and O–H groups in total. The largest absolute Gasteiger partial charge is 0.353 e. The highest BCUT2D eigenvalue weighted by atomic mass is 16.2. The van der Waals surface area contributed by atoms with Crippen LogP contribution >= 0.6 is 0 Å². The average molecular weight is 351 g/mol. The van der Waals surface area contributed by atoms with Gasteiger partial charge < -0.3 is 10.6 Å². The molecular formula is C19H33N3O3. The smallest absolute Gasteiger partial charge is 0.321 e. The summed E-state index contributed by atoms with van der Waals surface area (Å²) in [6.45, 7) is 2.04. The molecule has 2 fully saturated rings. The Morgan fingerprint density at radius 1 is 0.960 bits per heavy atom. The third-order valence-corrected chi connectivity index (χ3v) is 5.83. The highest BCUT2D eigenvalue weighted by Gasteiger charge is 2.33. The van der Waals surface area contributed by atoms with E-state index < -0.39 is 6.03 Å². The number of urea groups is 1. The molecule has 0 spiro atoms. The molecule has 0 aromatic rings. The van der Waals surface area contributed by atoms with Crippen LogP contribution in [0.25, 0.3) is 0 Å². The van der Waals surface area contributed by atoms with Crippen molar-refractivity contribution in [1.29, 1.82) is 0 Å². The molecule has 6 heteroatoms. The molecule has 25 heavy (non-hydrogen) atoms. The molecule has 0 aromatic carbocycles. The van der Waals surface area contributed by atoms with Gasteiger partial charge in [0.15, 0.2) is 0 Å². The first-order chi connectivity index (χ1) is 12.1. The van der Waals surface area contributed by atoms with Gasteiger partial charge in [-0.15, -0.1) is 0 Å². The molecule has 0 heterocycles. The van der Waals surface area contributed by atoms with Gasteiger partial charge >= 0.3 is 6.03 Å². The number of imide groups is 1. The van der Waals surface area contributed by atoms with E-state index >= 15 is 0 Å². The van der Waals surface area contributed by atoms with E-state index in [9.17, 15) is 14.4 Å². The second-order valence-corrected chi connectivity index (χ2v) is 7.70. The first kappa shape index (κ1) is 19.7. The normalized spacial score (nSPS) is 20.7.